The molecule has 0 radical (unpaired) electrons. The van der Waals surface area contributed by atoms with E-state index in [1.165, 1.54) is 6.07 Å². The van der Waals surface area contributed by atoms with Gasteiger partial charge in [-0.05, 0) is 24.1 Å². The number of hydrogen-bond acceptors (Lipinski definition) is 9. The Hall–Kier alpha value is -2.21. The summed E-state index contributed by atoms with van der Waals surface area (Å²) in [4.78, 5) is 28.0. The van der Waals surface area contributed by atoms with Crippen molar-refractivity contribution in [3.05, 3.63) is 23.8 Å². The van der Waals surface area contributed by atoms with E-state index in [2.05, 4.69) is 18.7 Å². The second kappa shape index (κ2) is 9.53. The van der Waals surface area contributed by atoms with E-state index in [1.807, 2.05) is 0 Å². The number of piperazine rings is 1. The molecule has 1 aromatic carbocycles. The first-order valence-electron chi connectivity index (χ1n) is 9.18. The van der Waals surface area contributed by atoms with Gasteiger partial charge in [0.05, 0.1) is 10.5 Å². The highest BCUT2D eigenvalue weighted by Gasteiger charge is 2.24. The topological polar surface area (TPSA) is 128 Å². The average molecular weight is 429 g/mol. The Balaban J connectivity index is 1.96. The van der Waals surface area contributed by atoms with Gasteiger partial charge >= 0.3 is 5.97 Å². The third-order valence-electron chi connectivity index (χ3n) is 4.48. The smallest absolute Gasteiger partial charge is 0.338 e. The third-order valence-corrected chi connectivity index (χ3v) is 5.63. The molecule has 29 heavy (non-hydrogen) atoms. The number of hydrogen-bond donors (Lipinski definition) is 2. The van der Waals surface area contributed by atoms with E-state index in [0.29, 0.717) is 19.0 Å². The van der Waals surface area contributed by atoms with Crippen molar-refractivity contribution in [3.63, 3.8) is 0 Å². The zero-order chi connectivity index (χ0) is 21.8. The molecular formula is C18H27N3O7S. The number of benzene rings is 1. The fourth-order valence-electron chi connectivity index (χ4n) is 3.11. The maximum absolute atomic E-state index is 12.3. The van der Waals surface area contributed by atoms with Crippen LogP contribution in [0.4, 0.5) is 5.69 Å². The van der Waals surface area contributed by atoms with Crippen LogP contribution in [0.2, 0.25) is 0 Å². The lowest BCUT2D eigenvalue weighted by molar-refractivity contribution is -0.136. The number of rotatable bonds is 7. The normalized spacial score (nSPS) is 15.4. The minimum atomic E-state index is -3.75. The molecule has 0 atom stereocenters. The molecule has 10 nitrogen and oxygen atoms in total. The number of sulfone groups is 1. The Morgan fingerprint density at radius 1 is 1.17 bits per heavy atom. The Morgan fingerprint density at radius 3 is 2.31 bits per heavy atom. The second-order valence-electron chi connectivity index (χ2n) is 7.40. The van der Waals surface area contributed by atoms with E-state index in [9.17, 15) is 28.4 Å². The van der Waals surface area contributed by atoms with Crippen LogP contribution in [-0.4, -0.2) is 86.1 Å². The lowest BCUT2D eigenvalue weighted by Crippen LogP contribution is -2.50. The number of carbonyl (C=O) groups excluding carboxylic acids is 2. The van der Waals surface area contributed by atoms with E-state index in [1.54, 1.807) is 4.90 Å². The fourth-order valence-corrected chi connectivity index (χ4v) is 3.95. The fraction of sp³-hybridized carbons (Fsp3) is 0.556. The largest absolute Gasteiger partial charge is 0.452 e. The van der Waals surface area contributed by atoms with Crippen molar-refractivity contribution >= 4 is 27.4 Å². The lowest BCUT2D eigenvalue weighted by atomic mass is 10.2. The van der Waals surface area contributed by atoms with Crippen LogP contribution in [0.5, 0.6) is 0 Å². The molecule has 2 rings (SSSR count). The van der Waals surface area contributed by atoms with Crippen LogP contribution in [0.15, 0.2) is 23.1 Å². The van der Waals surface area contributed by atoms with Gasteiger partial charge in [-0.25, -0.2) is 13.2 Å². The van der Waals surface area contributed by atoms with Crippen molar-refractivity contribution in [1.82, 2.24) is 9.80 Å². The molecule has 1 amide bonds. The highest BCUT2D eigenvalue weighted by atomic mass is 32.2. The Labute approximate surface area is 170 Å². The molecule has 0 aliphatic carbocycles. The van der Waals surface area contributed by atoms with E-state index in [-0.39, 0.29) is 21.6 Å². The minimum absolute atomic E-state index is 0.116. The molecule has 1 fully saturated rings. The molecule has 1 saturated heterocycles. The Morgan fingerprint density at radius 2 is 1.79 bits per heavy atom. The first-order valence-corrected chi connectivity index (χ1v) is 11.1. The average Bonchev–Trinajstić information content (AvgIpc) is 2.64. The van der Waals surface area contributed by atoms with Gasteiger partial charge in [-0.15, -0.1) is 5.23 Å². The van der Waals surface area contributed by atoms with Crippen LogP contribution in [0, 0.1) is 5.92 Å². The van der Waals surface area contributed by atoms with E-state index < -0.39 is 28.1 Å². The van der Waals surface area contributed by atoms with Crippen LogP contribution in [-0.2, 0) is 19.4 Å². The van der Waals surface area contributed by atoms with Crippen molar-refractivity contribution in [2.24, 2.45) is 5.92 Å². The van der Waals surface area contributed by atoms with E-state index in [4.69, 9.17) is 4.74 Å². The van der Waals surface area contributed by atoms with Crippen molar-refractivity contribution in [1.29, 1.82) is 0 Å². The molecule has 0 saturated carbocycles. The van der Waals surface area contributed by atoms with E-state index in [0.717, 1.165) is 38.0 Å². The zero-order valence-corrected chi connectivity index (χ0v) is 17.6. The third kappa shape index (κ3) is 6.39. The molecule has 0 spiro atoms. The van der Waals surface area contributed by atoms with Crippen molar-refractivity contribution in [2.75, 3.05) is 50.8 Å². The summed E-state index contributed by atoms with van der Waals surface area (Å²) in [5.41, 5.74) is -0.607. The van der Waals surface area contributed by atoms with Crippen LogP contribution in [0.3, 0.4) is 0 Å². The van der Waals surface area contributed by atoms with Crippen molar-refractivity contribution in [3.8, 4) is 0 Å². The molecule has 11 heteroatoms. The molecule has 2 N–H and O–H groups in total. The minimum Gasteiger partial charge on any atom is -0.452 e. The van der Waals surface area contributed by atoms with Crippen LogP contribution in [0.1, 0.15) is 24.2 Å². The van der Waals surface area contributed by atoms with Crippen LogP contribution >= 0.6 is 0 Å². The number of carbonyl (C=O) groups is 2. The molecule has 1 aromatic rings. The molecule has 0 bridgehead atoms. The van der Waals surface area contributed by atoms with Gasteiger partial charge in [0.25, 0.3) is 5.91 Å². The Kier molecular flexibility index (Phi) is 7.58. The summed E-state index contributed by atoms with van der Waals surface area (Å²) >= 11 is 0. The molecule has 1 heterocycles. The predicted molar refractivity (Wildman–Crippen MR) is 104 cm³/mol. The number of anilines is 1. The second-order valence-corrected chi connectivity index (χ2v) is 9.38. The van der Waals surface area contributed by atoms with Crippen molar-refractivity contribution in [2.45, 2.75) is 18.7 Å². The van der Waals surface area contributed by atoms with Crippen LogP contribution in [0.25, 0.3) is 0 Å². The summed E-state index contributed by atoms with van der Waals surface area (Å²) in [6.45, 7) is 7.42. The first-order chi connectivity index (χ1) is 13.5. The maximum atomic E-state index is 12.3. The Bertz CT molecular complexity index is 847. The van der Waals surface area contributed by atoms with Gasteiger partial charge in [-0.2, -0.15) is 0 Å². The molecule has 1 aliphatic heterocycles. The highest BCUT2D eigenvalue weighted by Crippen LogP contribution is 2.25. The number of amides is 1. The van der Waals surface area contributed by atoms with Gasteiger partial charge in [0.1, 0.15) is 5.69 Å². The van der Waals surface area contributed by atoms with Gasteiger partial charge in [0, 0.05) is 39.0 Å². The SMILES string of the molecule is CC(C)CN1CCN(C(=O)COC(=O)c2ccc(S(C)(=O)=O)c(N(O)O)c2)CC1. The lowest BCUT2D eigenvalue weighted by Gasteiger charge is -2.35. The summed E-state index contributed by atoms with van der Waals surface area (Å²) in [5.74, 6) is -0.646. The molecular weight excluding hydrogens is 402 g/mol. The van der Waals surface area contributed by atoms with Gasteiger partial charge in [-0.3, -0.25) is 20.1 Å². The van der Waals surface area contributed by atoms with E-state index >= 15 is 0 Å². The highest BCUT2D eigenvalue weighted by molar-refractivity contribution is 7.90. The monoisotopic (exact) mass is 429 g/mol. The molecule has 0 unspecified atom stereocenters. The number of esters is 1. The number of nitrogens with zero attached hydrogens (tertiary/aromatic N) is 3. The summed E-state index contributed by atoms with van der Waals surface area (Å²) in [5, 5.41) is 18.1. The van der Waals surface area contributed by atoms with Gasteiger partial charge in [0.2, 0.25) is 0 Å². The summed E-state index contributed by atoms with van der Waals surface area (Å²) in [7, 11) is -3.75. The summed E-state index contributed by atoms with van der Waals surface area (Å²) in [6.07, 6.45) is 0.896. The molecule has 162 valence electrons. The predicted octanol–water partition coefficient (Wildman–Crippen LogP) is 0.632. The maximum Gasteiger partial charge on any atom is 0.338 e. The van der Waals surface area contributed by atoms with Gasteiger partial charge in [-0.1, -0.05) is 13.8 Å². The quantitative estimate of drug-likeness (QED) is 0.474. The summed E-state index contributed by atoms with van der Waals surface area (Å²) < 4.78 is 28.4. The number of ether oxygens (including phenoxy) is 1. The van der Waals surface area contributed by atoms with Crippen molar-refractivity contribution < 1.29 is 33.2 Å². The van der Waals surface area contributed by atoms with Gasteiger partial charge in [0.15, 0.2) is 16.4 Å². The molecule has 0 aromatic heterocycles. The van der Waals surface area contributed by atoms with Crippen LogP contribution < -0.4 is 5.23 Å². The van der Waals surface area contributed by atoms with Gasteiger partial charge < -0.3 is 9.64 Å². The summed E-state index contributed by atoms with van der Waals surface area (Å²) in [6, 6.07) is 3.21. The molecule has 1 aliphatic rings. The standard InChI is InChI=1S/C18H27N3O7S/c1-13(2)11-19-6-8-20(9-7-19)17(22)12-28-18(23)14-4-5-16(29(3,26)27)15(10-14)21(24)25/h4-5,10,13,24-25H,6-9,11-12H2,1-3H3. The zero-order valence-electron chi connectivity index (χ0n) is 16.7. The first kappa shape index (κ1) is 23.1.